The first-order chi connectivity index (χ1) is 15.2. The van der Waals surface area contributed by atoms with E-state index < -0.39 is 0 Å². The Balaban J connectivity index is 1.40. The number of aryl methyl sites for hydroxylation is 2. The van der Waals surface area contributed by atoms with E-state index >= 15 is 0 Å². The van der Waals surface area contributed by atoms with E-state index in [1.807, 2.05) is 36.4 Å². The van der Waals surface area contributed by atoms with Gasteiger partial charge in [0.05, 0.1) is 5.56 Å². The molecular formula is C29H40O2. The third kappa shape index (κ3) is 7.83. The van der Waals surface area contributed by atoms with Crippen molar-refractivity contribution >= 4 is 5.97 Å². The standard InChI is InChI=1S/C29H40O2/c1-3-5-6-8-24-9-11-25(12-10-24)13-14-26-15-19-27(20-16-26)29(30)31-28-21-17-23(7-4-2)18-22-28/h15-22,24-25H,3-14H2,1-2H3. The van der Waals surface area contributed by atoms with E-state index in [0.717, 1.165) is 31.1 Å². The van der Waals surface area contributed by atoms with Crippen LogP contribution in [0.15, 0.2) is 48.5 Å². The molecule has 1 aliphatic carbocycles. The van der Waals surface area contributed by atoms with Gasteiger partial charge in [-0.2, -0.15) is 0 Å². The maximum Gasteiger partial charge on any atom is 0.343 e. The zero-order valence-corrected chi connectivity index (χ0v) is 19.6. The first-order valence-corrected chi connectivity index (χ1v) is 12.6. The van der Waals surface area contributed by atoms with Crippen LogP contribution in [0.25, 0.3) is 0 Å². The number of unbranched alkanes of at least 4 members (excludes halogenated alkanes) is 2. The summed E-state index contributed by atoms with van der Waals surface area (Å²) in [4.78, 5) is 12.4. The first kappa shape index (κ1) is 23.6. The van der Waals surface area contributed by atoms with E-state index in [9.17, 15) is 4.79 Å². The van der Waals surface area contributed by atoms with Gasteiger partial charge >= 0.3 is 5.97 Å². The van der Waals surface area contributed by atoms with E-state index in [1.165, 1.54) is 68.9 Å². The molecule has 1 fully saturated rings. The second kappa shape index (κ2) is 12.7. The van der Waals surface area contributed by atoms with Crippen LogP contribution in [0.1, 0.15) is 99.5 Å². The molecule has 2 aromatic carbocycles. The Hall–Kier alpha value is -2.09. The number of benzene rings is 2. The fraction of sp³-hybridized carbons (Fsp3) is 0.552. The van der Waals surface area contributed by atoms with Crippen LogP contribution in [0, 0.1) is 11.8 Å². The van der Waals surface area contributed by atoms with Gasteiger partial charge in [0.2, 0.25) is 0 Å². The number of carbonyl (C=O) groups is 1. The molecule has 0 atom stereocenters. The van der Waals surface area contributed by atoms with Crippen molar-refractivity contribution in [1.82, 2.24) is 0 Å². The predicted octanol–water partition coefficient (Wildman–Crippen LogP) is 8.18. The molecule has 0 aliphatic heterocycles. The minimum atomic E-state index is -0.281. The molecule has 0 saturated heterocycles. The maximum atomic E-state index is 12.4. The van der Waals surface area contributed by atoms with Crippen LogP contribution in [0.4, 0.5) is 0 Å². The number of rotatable bonds is 11. The molecule has 3 rings (SSSR count). The molecule has 2 aromatic rings. The molecule has 31 heavy (non-hydrogen) atoms. The number of hydrogen-bond acceptors (Lipinski definition) is 2. The molecule has 0 amide bonds. The van der Waals surface area contributed by atoms with Crippen molar-refractivity contribution in [3.8, 4) is 5.75 Å². The molecule has 0 unspecified atom stereocenters. The maximum absolute atomic E-state index is 12.4. The Morgan fingerprint density at radius 3 is 1.94 bits per heavy atom. The van der Waals surface area contributed by atoms with E-state index in [4.69, 9.17) is 4.74 Å². The number of ether oxygens (including phenoxy) is 1. The highest BCUT2D eigenvalue weighted by molar-refractivity contribution is 5.91. The number of hydrogen-bond donors (Lipinski definition) is 0. The van der Waals surface area contributed by atoms with E-state index in [0.29, 0.717) is 11.3 Å². The van der Waals surface area contributed by atoms with Gasteiger partial charge in [-0.3, -0.25) is 0 Å². The van der Waals surface area contributed by atoms with Crippen molar-refractivity contribution in [1.29, 1.82) is 0 Å². The number of carbonyl (C=O) groups excluding carboxylic acids is 1. The quantitative estimate of drug-likeness (QED) is 0.208. The summed E-state index contributed by atoms with van der Waals surface area (Å²) in [6.07, 6.45) is 15.8. The van der Waals surface area contributed by atoms with Gasteiger partial charge in [-0.1, -0.05) is 95.9 Å². The van der Waals surface area contributed by atoms with E-state index in [2.05, 4.69) is 26.0 Å². The van der Waals surface area contributed by atoms with Crippen LogP contribution in [0.3, 0.4) is 0 Å². The van der Waals surface area contributed by atoms with Crippen molar-refractivity contribution < 1.29 is 9.53 Å². The lowest BCUT2D eigenvalue weighted by atomic mass is 9.78. The SMILES string of the molecule is CCCCCC1CCC(CCc2ccc(C(=O)Oc3ccc(CCC)cc3)cc2)CC1. The van der Waals surface area contributed by atoms with Crippen LogP contribution in [-0.2, 0) is 12.8 Å². The normalized spacial score (nSPS) is 18.6. The highest BCUT2D eigenvalue weighted by Crippen LogP contribution is 2.34. The average molecular weight is 421 g/mol. The lowest BCUT2D eigenvalue weighted by Gasteiger charge is -2.28. The molecule has 0 radical (unpaired) electrons. The molecule has 2 nitrogen and oxygen atoms in total. The highest BCUT2D eigenvalue weighted by atomic mass is 16.5. The topological polar surface area (TPSA) is 26.3 Å². The van der Waals surface area contributed by atoms with Gasteiger partial charge in [-0.25, -0.2) is 4.79 Å². The van der Waals surface area contributed by atoms with Gasteiger partial charge in [0.25, 0.3) is 0 Å². The second-order valence-corrected chi connectivity index (χ2v) is 9.40. The average Bonchev–Trinajstić information content (AvgIpc) is 2.80. The zero-order valence-electron chi connectivity index (χ0n) is 19.6. The summed E-state index contributed by atoms with van der Waals surface area (Å²) >= 11 is 0. The van der Waals surface area contributed by atoms with Gasteiger partial charge < -0.3 is 4.74 Å². The third-order valence-corrected chi connectivity index (χ3v) is 6.89. The molecule has 2 heteroatoms. The van der Waals surface area contributed by atoms with Crippen molar-refractivity contribution in [3.63, 3.8) is 0 Å². The summed E-state index contributed by atoms with van der Waals surface area (Å²) < 4.78 is 5.53. The summed E-state index contributed by atoms with van der Waals surface area (Å²) in [7, 11) is 0. The summed E-state index contributed by atoms with van der Waals surface area (Å²) in [6.45, 7) is 4.45. The molecule has 1 saturated carbocycles. The summed E-state index contributed by atoms with van der Waals surface area (Å²) in [6, 6.07) is 15.9. The monoisotopic (exact) mass is 420 g/mol. The second-order valence-electron chi connectivity index (χ2n) is 9.40. The van der Waals surface area contributed by atoms with Crippen molar-refractivity contribution in [2.24, 2.45) is 11.8 Å². The smallest absolute Gasteiger partial charge is 0.343 e. The summed E-state index contributed by atoms with van der Waals surface area (Å²) in [5, 5.41) is 0. The molecular weight excluding hydrogens is 380 g/mol. The minimum Gasteiger partial charge on any atom is -0.423 e. The van der Waals surface area contributed by atoms with Crippen LogP contribution in [0.2, 0.25) is 0 Å². The van der Waals surface area contributed by atoms with Crippen molar-refractivity contribution in [3.05, 3.63) is 65.2 Å². The Kier molecular flexibility index (Phi) is 9.65. The lowest BCUT2D eigenvalue weighted by Crippen LogP contribution is -2.15. The molecule has 0 aromatic heterocycles. The highest BCUT2D eigenvalue weighted by Gasteiger charge is 2.20. The lowest BCUT2D eigenvalue weighted by molar-refractivity contribution is 0.0734. The molecule has 0 heterocycles. The largest absolute Gasteiger partial charge is 0.423 e. The molecule has 1 aliphatic rings. The van der Waals surface area contributed by atoms with Gasteiger partial charge in [0.1, 0.15) is 5.75 Å². The van der Waals surface area contributed by atoms with Gasteiger partial charge in [0.15, 0.2) is 0 Å². The van der Waals surface area contributed by atoms with Gasteiger partial charge in [-0.15, -0.1) is 0 Å². The third-order valence-electron chi connectivity index (χ3n) is 6.89. The Morgan fingerprint density at radius 2 is 1.32 bits per heavy atom. The van der Waals surface area contributed by atoms with Crippen LogP contribution >= 0.6 is 0 Å². The first-order valence-electron chi connectivity index (χ1n) is 12.6. The molecule has 0 spiro atoms. The molecule has 0 N–H and O–H groups in total. The fourth-order valence-corrected chi connectivity index (χ4v) is 4.85. The minimum absolute atomic E-state index is 0.281. The van der Waals surface area contributed by atoms with Crippen molar-refractivity contribution in [2.45, 2.75) is 90.9 Å². The van der Waals surface area contributed by atoms with Gasteiger partial charge in [0, 0.05) is 0 Å². The molecule has 0 bridgehead atoms. The zero-order chi connectivity index (χ0) is 21.9. The van der Waals surface area contributed by atoms with Crippen LogP contribution in [0.5, 0.6) is 5.75 Å². The van der Waals surface area contributed by atoms with Crippen LogP contribution in [-0.4, -0.2) is 5.97 Å². The summed E-state index contributed by atoms with van der Waals surface area (Å²) in [5.41, 5.74) is 3.22. The van der Waals surface area contributed by atoms with E-state index in [1.54, 1.807) is 0 Å². The predicted molar refractivity (Wildman–Crippen MR) is 130 cm³/mol. The fourth-order valence-electron chi connectivity index (χ4n) is 4.85. The Bertz CT molecular complexity index is 767. The van der Waals surface area contributed by atoms with E-state index in [-0.39, 0.29) is 5.97 Å². The van der Waals surface area contributed by atoms with Crippen LogP contribution < -0.4 is 4.74 Å². The Labute approximate surface area is 189 Å². The van der Waals surface area contributed by atoms with Crippen molar-refractivity contribution in [2.75, 3.05) is 0 Å². The molecule has 168 valence electrons. The Morgan fingerprint density at radius 1 is 0.742 bits per heavy atom. The van der Waals surface area contributed by atoms with Gasteiger partial charge in [-0.05, 0) is 66.5 Å². The summed E-state index contributed by atoms with van der Waals surface area (Å²) in [5.74, 6) is 2.19. The number of esters is 1.